The molecule has 5 nitrogen and oxygen atoms in total. The summed E-state index contributed by atoms with van der Waals surface area (Å²) in [5, 5.41) is 4.37. The van der Waals surface area contributed by atoms with Crippen LogP contribution in [0.15, 0.2) is 54.7 Å². The molecule has 3 aromatic rings. The van der Waals surface area contributed by atoms with Gasteiger partial charge in [-0.2, -0.15) is 9.67 Å². The first-order valence-electron chi connectivity index (χ1n) is 5.54. The smallest absolute Gasteiger partial charge is 0.223 e. The summed E-state index contributed by atoms with van der Waals surface area (Å²) < 4.78 is 1.60. The average Bonchev–Trinajstić information content (AvgIpc) is 2.83. The van der Waals surface area contributed by atoms with Crippen molar-refractivity contribution in [3.8, 4) is 17.2 Å². The van der Waals surface area contributed by atoms with Crippen LogP contribution in [0.3, 0.4) is 0 Å². The highest BCUT2D eigenvalue weighted by Gasteiger charge is 2.10. The van der Waals surface area contributed by atoms with E-state index < -0.39 is 0 Å². The molecule has 2 N–H and O–H groups in total. The molecule has 0 aliphatic rings. The van der Waals surface area contributed by atoms with E-state index in [4.69, 9.17) is 5.73 Å². The topological polar surface area (TPSA) is 69.6 Å². The van der Waals surface area contributed by atoms with Crippen molar-refractivity contribution in [3.63, 3.8) is 0 Å². The van der Waals surface area contributed by atoms with Gasteiger partial charge in [0.05, 0.1) is 5.69 Å². The highest BCUT2D eigenvalue weighted by atomic mass is 15.4. The van der Waals surface area contributed by atoms with Crippen molar-refractivity contribution in [2.24, 2.45) is 0 Å². The van der Waals surface area contributed by atoms with Crippen molar-refractivity contribution in [2.75, 3.05) is 5.73 Å². The van der Waals surface area contributed by atoms with Crippen LogP contribution in [0.5, 0.6) is 0 Å². The molecule has 2 aromatic heterocycles. The summed E-state index contributed by atoms with van der Waals surface area (Å²) in [4.78, 5) is 8.43. The molecule has 0 fully saturated rings. The van der Waals surface area contributed by atoms with E-state index in [9.17, 15) is 0 Å². The number of benzene rings is 1. The monoisotopic (exact) mass is 237 g/mol. The predicted molar refractivity (Wildman–Crippen MR) is 69.0 cm³/mol. The molecule has 18 heavy (non-hydrogen) atoms. The van der Waals surface area contributed by atoms with E-state index in [-0.39, 0.29) is 0 Å². The Morgan fingerprint density at radius 2 is 1.72 bits per heavy atom. The summed E-state index contributed by atoms with van der Waals surface area (Å²) in [6.45, 7) is 0. The summed E-state index contributed by atoms with van der Waals surface area (Å²) in [6.07, 6.45) is 1.70. The Labute approximate surface area is 104 Å². The van der Waals surface area contributed by atoms with E-state index in [1.54, 1.807) is 10.9 Å². The van der Waals surface area contributed by atoms with Crippen molar-refractivity contribution < 1.29 is 0 Å². The molecule has 0 aliphatic carbocycles. The maximum absolute atomic E-state index is 5.87. The molecule has 3 rings (SSSR count). The van der Waals surface area contributed by atoms with Crippen LogP contribution in [0.2, 0.25) is 0 Å². The first-order valence-corrected chi connectivity index (χ1v) is 5.54. The van der Waals surface area contributed by atoms with Gasteiger partial charge in [-0.05, 0) is 24.3 Å². The van der Waals surface area contributed by atoms with Crippen LogP contribution >= 0.6 is 0 Å². The zero-order valence-electron chi connectivity index (χ0n) is 9.56. The number of hydrogen-bond acceptors (Lipinski definition) is 4. The number of nitrogens with two attached hydrogens (primary N) is 1. The number of para-hydroxylation sites is 1. The quantitative estimate of drug-likeness (QED) is 0.739. The molecule has 0 unspecified atom stereocenters. The van der Waals surface area contributed by atoms with Gasteiger partial charge in [0.2, 0.25) is 11.8 Å². The number of nitrogens with zero attached hydrogens (tertiary/aromatic N) is 4. The van der Waals surface area contributed by atoms with Gasteiger partial charge in [-0.15, -0.1) is 5.10 Å². The van der Waals surface area contributed by atoms with E-state index in [0.717, 1.165) is 5.69 Å². The Bertz CT molecular complexity index is 646. The van der Waals surface area contributed by atoms with Crippen LogP contribution in [0, 0.1) is 0 Å². The van der Waals surface area contributed by atoms with Crippen LogP contribution in [0.1, 0.15) is 0 Å². The van der Waals surface area contributed by atoms with E-state index >= 15 is 0 Å². The second-order valence-corrected chi connectivity index (χ2v) is 3.76. The Morgan fingerprint density at radius 1 is 0.944 bits per heavy atom. The van der Waals surface area contributed by atoms with Crippen LogP contribution in [0.4, 0.5) is 5.95 Å². The fourth-order valence-corrected chi connectivity index (χ4v) is 1.69. The van der Waals surface area contributed by atoms with E-state index in [1.165, 1.54) is 0 Å². The molecule has 0 amide bonds. The van der Waals surface area contributed by atoms with Crippen molar-refractivity contribution in [1.82, 2.24) is 19.7 Å². The largest absolute Gasteiger partial charge is 0.368 e. The number of pyridine rings is 1. The highest BCUT2D eigenvalue weighted by Crippen LogP contribution is 2.16. The van der Waals surface area contributed by atoms with Gasteiger partial charge in [-0.3, -0.25) is 4.98 Å². The molecule has 0 saturated heterocycles. The minimum Gasteiger partial charge on any atom is -0.368 e. The first kappa shape index (κ1) is 10.5. The number of nitrogen functional groups attached to an aromatic ring is 1. The van der Waals surface area contributed by atoms with Gasteiger partial charge in [0, 0.05) is 6.20 Å². The maximum atomic E-state index is 5.87. The predicted octanol–water partition coefficient (Wildman–Crippen LogP) is 1.91. The van der Waals surface area contributed by atoms with Gasteiger partial charge in [0.25, 0.3) is 0 Å². The summed E-state index contributed by atoms with van der Waals surface area (Å²) in [5.74, 6) is 0.874. The molecule has 0 saturated carbocycles. The van der Waals surface area contributed by atoms with Crippen molar-refractivity contribution in [1.29, 1.82) is 0 Å². The summed E-state index contributed by atoms with van der Waals surface area (Å²) >= 11 is 0. The molecular formula is C13H11N5. The molecule has 2 heterocycles. The Kier molecular flexibility index (Phi) is 2.49. The van der Waals surface area contributed by atoms with Crippen LogP contribution in [0.25, 0.3) is 17.2 Å². The second kappa shape index (κ2) is 4.29. The van der Waals surface area contributed by atoms with E-state index in [1.807, 2.05) is 48.5 Å². The number of hydrogen-bond donors (Lipinski definition) is 1. The third-order valence-electron chi connectivity index (χ3n) is 2.53. The zero-order valence-corrected chi connectivity index (χ0v) is 9.56. The highest BCUT2D eigenvalue weighted by molar-refractivity contribution is 5.51. The molecular weight excluding hydrogens is 226 g/mol. The van der Waals surface area contributed by atoms with Gasteiger partial charge in [0.1, 0.15) is 5.69 Å². The minimum absolute atomic E-state index is 0.349. The van der Waals surface area contributed by atoms with E-state index in [2.05, 4.69) is 15.1 Å². The lowest BCUT2D eigenvalue weighted by Gasteiger charge is -2.00. The molecule has 5 heteroatoms. The molecule has 0 atom stereocenters. The third-order valence-corrected chi connectivity index (χ3v) is 2.53. The van der Waals surface area contributed by atoms with Crippen molar-refractivity contribution in [2.45, 2.75) is 0 Å². The number of anilines is 1. The third kappa shape index (κ3) is 1.82. The van der Waals surface area contributed by atoms with Crippen LogP contribution in [-0.2, 0) is 0 Å². The molecule has 88 valence electrons. The van der Waals surface area contributed by atoms with E-state index in [0.29, 0.717) is 17.5 Å². The lowest BCUT2D eigenvalue weighted by atomic mass is 10.3. The Morgan fingerprint density at radius 3 is 2.44 bits per heavy atom. The normalized spacial score (nSPS) is 10.4. The lowest BCUT2D eigenvalue weighted by Crippen LogP contribution is -2.01. The average molecular weight is 237 g/mol. The Hall–Kier alpha value is -2.69. The van der Waals surface area contributed by atoms with Gasteiger partial charge >= 0.3 is 0 Å². The van der Waals surface area contributed by atoms with Crippen molar-refractivity contribution >= 4 is 5.95 Å². The second-order valence-electron chi connectivity index (χ2n) is 3.76. The molecule has 0 aliphatic heterocycles. The maximum Gasteiger partial charge on any atom is 0.223 e. The minimum atomic E-state index is 0.349. The SMILES string of the molecule is Nc1nc(-c2ccccn2)nn1-c1ccccc1. The first-order chi connectivity index (χ1) is 8.84. The number of rotatable bonds is 2. The van der Waals surface area contributed by atoms with Crippen molar-refractivity contribution in [3.05, 3.63) is 54.7 Å². The fraction of sp³-hybridized carbons (Fsp3) is 0. The van der Waals surface area contributed by atoms with Gasteiger partial charge in [0.15, 0.2) is 0 Å². The summed E-state index contributed by atoms with van der Waals surface area (Å²) in [7, 11) is 0. The van der Waals surface area contributed by atoms with Gasteiger partial charge in [-0.1, -0.05) is 24.3 Å². The van der Waals surface area contributed by atoms with Crippen LogP contribution in [-0.4, -0.2) is 19.7 Å². The molecule has 0 spiro atoms. The van der Waals surface area contributed by atoms with Gasteiger partial charge < -0.3 is 5.73 Å². The Balaban J connectivity index is 2.07. The molecule has 0 bridgehead atoms. The van der Waals surface area contributed by atoms with Gasteiger partial charge in [-0.25, -0.2) is 0 Å². The standard InChI is InChI=1S/C13H11N5/c14-13-16-12(11-8-4-5-9-15-11)17-18(13)10-6-2-1-3-7-10/h1-9H,(H2,14,16,17). The van der Waals surface area contributed by atoms with Crippen LogP contribution < -0.4 is 5.73 Å². The number of aromatic nitrogens is 4. The summed E-state index contributed by atoms with van der Waals surface area (Å²) in [6, 6.07) is 15.2. The lowest BCUT2D eigenvalue weighted by molar-refractivity contribution is 0.892. The molecule has 0 radical (unpaired) electrons. The molecule has 1 aromatic carbocycles. The fourth-order valence-electron chi connectivity index (χ4n) is 1.69. The zero-order chi connectivity index (χ0) is 12.4. The summed E-state index contributed by atoms with van der Waals surface area (Å²) in [5.41, 5.74) is 7.46.